The van der Waals surface area contributed by atoms with Crippen LogP contribution >= 0.6 is 0 Å². The number of methoxy groups -OCH3 is 2. The van der Waals surface area contributed by atoms with Gasteiger partial charge in [-0.05, 0) is 44.4 Å². The molecule has 7 heteroatoms. The van der Waals surface area contributed by atoms with E-state index < -0.39 is 0 Å². The molecule has 0 aliphatic heterocycles. The molecule has 0 heterocycles. The first kappa shape index (κ1) is 21.9. The Morgan fingerprint density at radius 3 is 2.57 bits per heavy atom. The zero-order valence-electron chi connectivity index (χ0n) is 17.2. The van der Waals surface area contributed by atoms with Gasteiger partial charge >= 0.3 is 6.03 Å². The van der Waals surface area contributed by atoms with Crippen molar-refractivity contribution in [2.75, 3.05) is 20.8 Å². The molecule has 28 heavy (non-hydrogen) atoms. The first-order valence-electron chi connectivity index (χ1n) is 10.1. The van der Waals surface area contributed by atoms with Gasteiger partial charge in [-0.15, -0.1) is 0 Å². The number of urea groups is 1. The summed E-state index contributed by atoms with van der Waals surface area (Å²) in [6, 6.07) is 5.45. The molecular formula is C21H33N3O4. The minimum atomic E-state index is -0.208. The molecule has 1 unspecified atom stereocenters. The fraction of sp³-hybridized carbons (Fsp3) is 0.619. The number of rotatable bonds is 9. The van der Waals surface area contributed by atoms with Gasteiger partial charge in [-0.1, -0.05) is 19.3 Å². The monoisotopic (exact) mass is 391 g/mol. The van der Waals surface area contributed by atoms with Gasteiger partial charge in [-0.2, -0.15) is 0 Å². The molecule has 1 aromatic carbocycles. The Kier molecular flexibility index (Phi) is 8.91. The third-order valence-corrected chi connectivity index (χ3v) is 5.09. The van der Waals surface area contributed by atoms with Crippen LogP contribution in [0.2, 0.25) is 0 Å². The molecule has 0 aromatic heterocycles. The molecular weight excluding hydrogens is 358 g/mol. The Bertz CT molecular complexity index is 645. The number of hydrogen-bond donors (Lipinski definition) is 3. The molecule has 1 aliphatic rings. The normalized spacial score (nSPS) is 15.4. The zero-order valence-corrected chi connectivity index (χ0v) is 17.2. The summed E-state index contributed by atoms with van der Waals surface area (Å²) in [4.78, 5) is 24.1. The van der Waals surface area contributed by atoms with E-state index in [-0.39, 0.29) is 24.0 Å². The molecule has 2 rings (SSSR count). The Labute approximate surface area is 167 Å². The Morgan fingerprint density at radius 2 is 1.89 bits per heavy atom. The fourth-order valence-corrected chi connectivity index (χ4v) is 3.50. The van der Waals surface area contributed by atoms with Gasteiger partial charge in [0.25, 0.3) is 0 Å². The molecule has 1 saturated carbocycles. The van der Waals surface area contributed by atoms with E-state index in [1.54, 1.807) is 14.2 Å². The van der Waals surface area contributed by atoms with Crippen molar-refractivity contribution >= 4 is 11.9 Å². The molecule has 7 nitrogen and oxygen atoms in total. The average Bonchev–Trinajstić information content (AvgIpc) is 2.71. The van der Waals surface area contributed by atoms with Crippen LogP contribution in [0.15, 0.2) is 18.2 Å². The van der Waals surface area contributed by atoms with Crippen LogP contribution in [-0.4, -0.2) is 38.7 Å². The van der Waals surface area contributed by atoms with Crippen molar-refractivity contribution in [3.63, 3.8) is 0 Å². The molecule has 1 fully saturated rings. The predicted molar refractivity (Wildman–Crippen MR) is 109 cm³/mol. The third-order valence-electron chi connectivity index (χ3n) is 5.09. The number of carbonyl (C=O) groups is 2. The SMILES string of the molecule is COc1ccc(OC)c(C(C)NC(=O)CCCNC(=O)NC2CCCCC2)c1. The molecule has 0 spiro atoms. The van der Waals surface area contributed by atoms with Crippen molar-refractivity contribution in [2.24, 2.45) is 0 Å². The zero-order chi connectivity index (χ0) is 20.4. The Balaban J connectivity index is 1.70. The van der Waals surface area contributed by atoms with E-state index in [1.165, 1.54) is 19.3 Å². The third kappa shape index (κ3) is 6.94. The van der Waals surface area contributed by atoms with E-state index in [0.29, 0.717) is 30.9 Å². The van der Waals surface area contributed by atoms with Crippen molar-refractivity contribution in [1.29, 1.82) is 0 Å². The Hall–Kier alpha value is -2.44. The summed E-state index contributed by atoms with van der Waals surface area (Å²) >= 11 is 0. The molecule has 3 amide bonds. The van der Waals surface area contributed by atoms with Crippen molar-refractivity contribution < 1.29 is 19.1 Å². The number of amides is 3. The quantitative estimate of drug-likeness (QED) is 0.564. The van der Waals surface area contributed by atoms with Crippen LogP contribution in [0.4, 0.5) is 4.79 Å². The van der Waals surface area contributed by atoms with Gasteiger partial charge in [-0.3, -0.25) is 4.79 Å². The van der Waals surface area contributed by atoms with Gasteiger partial charge in [0, 0.05) is 24.6 Å². The lowest BCUT2D eigenvalue weighted by Gasteiger charge is -2.22. The van der Waals surface area contributed by atoms with E-state index in [4.69, 9.17) is 9.47 Å². The second-order valence-electron chi connectivity index (χ2n) is 7.24. The molecule has 1 aliphatic carbocycles. The van der Waals surface area contributed by atoms with E-state index in [0.717, 1.165) is 18.4 Å². The summed E-state index contributed by atoms with van der Waals surface area (Å²) in [6.45, 7) is 2.38. The highest BCUT2D eigenvalue weighted by atomic mass is 16.5. The summed E-state index contributed by atoms with van der Waals surface area (Å²) in [7, 11) is 3.20. The number of nitrogens with one attached hydrogen (secondary N) is 3. The number of benzene rings is 1. The van der Waals surface area contributed by atoms with E-state index in [1.807, 2.05) is 25.1 Å². The second-order valence-corrected chi connectivity index (χ2v) is 7.24. The smallest absolute Gasteiger partial charge is 0.315 e. The molecule has 0 saturated heterocycles. The van der Waals surface area contributed by atoms with Gasteiger partial charge in [0.15, 0.2) is 0 Å². The van der Waals surface area contributed by atoms with Crippen molar-refractivity contribution in [1.82, 2.24) is 16.0 Å². The summed E-state index contributed by atoms with van der Waals surface area (Å²) in [6.07, 6.45) is 6.67. The predicted octanol–water partition coefficient (Wildman–Crippen LogP) is 3.29. The maximum Gasteiger partial charge on any atom is 0.315 e. The number of carbonyl (C=O) groups excluding carboxylic acids is 2. The highest BCUT2D eigenvalue weighted by molar-refractivity contribution is 5.77. The largest absolute Gasteiger partial charge is 0.497 e. The lowest BCUT2D eigenvalue weighted by Crippen LogP contribution is -2.43. The number of ether oxygens (including phenoxy) is 2. The summed E-state index contributed by atoms with van der Waals surface area (Å²) in [5, 5.41) is 8.82. The minimum absolute atomic E-state index is 0.0631. The van der Waals surface area contributed by atoms with Crippen LogP contribution in [0.1, 0.15) is 63.5 Å². The van der Waals surface area contributed by atoms with E-state index in [2.05, 4.69) is 16.0 Å². The molecule has 156 valence electrons. The van der Waals surface area contributed by atoms with Crippen LogP contribution in [0.3, 0.4) is 0 Å². The van der Waals surface area contributed by atoms with Crippen molar-refractivity contribution in [3.05, 3.63) is 23.8 Å². The van der Waals surface area contributed by atoms with E-state index >= 15 is 0 Å². The average molecular weight is 392 g/mol. The lowest BCUT2D eigenvalue weighted by atomic mass is 9.96. The van der Waals surface area contributed by atoms with Crippen molar-refractivity contribution in [3.8, 4) is 11.5 Å². The minimum Gasteiger partial charge on any atom is -0.497 e. The van der Waals surface area contributed by atoms with Crippen LogP contribution < -0.4 is 25.4 Å². The van der Waals surface area contributed by atoms with Gasteiger partial charge in [0.1, 0.15) is 11.5 Å². The Morgan fingerprint density at radius 1 is 1.14 bits per heavy atom. The molecule has 0 radical (unpaired) electrons. The first-order valence-corrected chi connectivity index (χ1v) is 10.1. The van der Waals surface area contributed by atoms with Crippen LogP contribution in [-0.2, 0) is 4.79 Å². The van der Waals surface area contributed by atoms with Crippen LogP contribution in [0.5, 0.6) is 11.5 Å². The number of hydrogen-bond acceptors (Lipinski definition) is 4. The molecule has 3 N–H and O–H groups in total. The van der Waals surface area contributed by atoms with Crippen molar-refractivity contribution in [2.45, 2.75) is 64.0 Å². The standard InChI is InChI=1S/C21H33N3O4/c1-15(18-14-17(27-2)11-12-19(18)28-3)23-20(25)10-7-13-22-21(26)24-16-8-5-4-6-9-16/h11-12,14-16H,4-10,13H2,1-3H3,(H,23,25)(H2,22,24,26). The maximum absolute atomic E-state index is 12.2. The van der Waals surface area contributed by atoms with Gasteiger partial charge in [-0.25, -0.2) is 4.79 Å². The first-order chi connectivity index (χ1) is 13.5. The summed E-state index contributed by atoms with van der Waals surface area (Å²) in [5.41, 5.74) is 0.861. The second kappa shape index (κ2) is 11.4. The topological polar surface area (TPSA) is 88.7 Å². The highest BCUT2D eigenvalue weighted by Gasteiger charge is 2.16. The molecule has 1 aromatic rings. The molecule has 0 bridgehead atoms. The lowest BCUT2D eigenvalue weighted by molar-refractivity contribution is -0.121. The summed E-state index contributed by atoms with van der Waals surface area (Å²) < 4.78 is 10.6. The maximum atomic E-state index is 12.2. The van der Waals surface area contributed by atoms with Gasteiger partial charge < -0.3 is 25.4 Å². The fourth-order valence-electron chi connectivity index (χ4n) is 3.50. The summed E-state index contributed by atoms with van der Waals surface area (Å²) in [5.74, 6) is 1.35. The van der Waals surface area contributed by atoms with Crippen LogP contribution in [0.25, 0.3) is 0 Å². The highest BCUT2D eigenvalue weighted by Crippen LogP contribution is 2.29. The van der Waals surface area contributed by atoms with Gasteiger partial charge in [0.05, 0.1) is 20.3 Å². The van der Waals surface area contributed by atoms with E-state index in [9.17, 15) is 9.59 Å². The molecule has 1 atom stereocenters. The van der Waals surface area contributed by atoms with Crippen LogP contribution in [0, 0.1) is 0 Å². The van der Waals surface area contributed by atoms with Gasteiger partial charge in [0.2, 0.25) is 5.91 Å².